The highest BCUT2D eigenvalue weighted by Crippen LogP contribution is 2.24. The maximum Gasteiger partial charge on any atom is 0.191 e. The number of guanidine groups is 1. The molecule has 0 aliphatic carbocycles. The summed E-state index contributed by atoms with van der Waals surface area (Å²) in [5, 5.41) is 7.01. The van der Waals surface area contributed by atoms with Crippen LogP contribution in [0, 0.1) is 6.92 Å². The van der Waals surface area contributed by atoms with Crippen molar-refractivity contribution >= 4 is 29.9 Å². The first kappa shape index (κ1) is 23.4. The maximum atomic E-state index is 5.41. The van der Waals surface area contributed by atoms with Gasteiger partial charge in [-0.25, -0.2) is 0 Å². The number of rotatable bonds is 7. The number of benzene rings is 1. The van der Waals surface area contributed by atoms with E-state index in [0.717, 1.165) is 51.9 Å². The SMILES string of the molecule is CN=C(NCCN1CCOCC1)NCC(c1ccc(C)cc1)N1CCCC1.I. The zero-order valence-electron chi connectivity index (χ0n) is 17.3. The predicted molar refractivity (Wildman–Crippen MR) is 127 cm³/mol. The van der Waals surface area contributed by atoms with E-state index in [0.29, 0.717) is 6.04 Å². The fourth-order valence-corrected chi connectivity index (χ4v) is 3.87. The van der Waals surface area contributed by atoms with Crippen LogP contribution in [0.5, 0.6) is 0 Å². The van der Waals surface area contributed by atoms with E-state index in [4.69, 9.17) is 4.74 Å². The van der Waals surface area contributed by atoms with E-state index in [1.54, 1.807) is 0 Å². The van der Waals surface area contributed by atoms with Gasteiger partial charge in [0.1, 0.15) is 0 Å². The molecule has 158 valence electrons. The van der Waals surface area contributed by atoms with Crippen molar-refractivity contribution in [1.82, 2.24) is 20.4 Å². The number of likely N-dealkylation sites (tertiary alicyclic amines) is 1. The Hall–Kier alpha value is -0.900. The van der Waals surface area contributed by atoms with Crippen molar-refractivity contribution in [3.05, 3.63) is 35.4 Å². The van der Waals surface area contributed by atoms with Gasteiger partial charge in [0.25, 0.3) is 0 Å². The van der Waals surface area contributed by atoms with Crippen LogP contribution >= 0.6 is 24.0 Å². The van der Waals surface area contributed by atoms with Crippen LogP contribution in [0.3, 0.4) is 0 Å². The van der Waals surface area contributed by atoms with Gasteiger partial charge in [-0.2, -0.15) is 0 Å². The fourth-order valence-electron chi connectivity index (χ4n) is 3.87. The molecule has 1 unspecified atom stereocenters. The largest absolute Gasteiger partial charge is 0.379 e. The second-order valence-corrected chi connectivity index (χ2v) is 7.50. The summed E-state index contributed by atoms with van der Waals surface area (Å²) in [5.41, 5.74) is 2.70. The average Bonchev–Trinajstić information content (AvgIpc) is 3.23. The molecule has 0 aromatic heterocycles. The zero-order chi connectivity index (χ0) is 18.9. The van der Waals surface area contributed by atoms with Crippen molar-refractivity contribution in [3.63, 3.8) is 0 Å². The lowest BCUT2D eigenvalue weighted by molar-refractivity contribution is 0.0389. The summed E-state index contributed by atoms with van der Waals surface area (Å²) in [6.45, 7) is 11.1. The molecule has 2 N–H and O–H groups in total. The second-order valence-electron chi connectivity index (χ2n) is 7.50. The third-order valence-electron chi connectivity index (χ3n) is 5.55. The maximum absolute atomic E-state index is 5.41. The fraction of sp³-hybridized carbons (Fsp3) is 0.667. The van der Waals surface area contributed by atoms with Crippen LogP contribution in [0.15, 0.2) is 29.3 Å². The summed E-state index contributed by atoms with van der Waals surface area (Å²) >= 11 is 0. The van der Waals surface area contributed by atoms with Crippen molar-refractivity contribution in [1.29, 1.82) is 0 Å². The van der Waals surface area contributed by atoms with E-state index in [1.807, 2.05) is 7.05 Å². The van der Waals surface area contributed by atoms with Gasteiger partial charge in [-0.15, -0.1) is 24.0 Å². The van der Waals surface area contributed by atoms with E-state index >= 15 is 0 Å². The molecule has 2 saturated heterocycles. The van der Waals surface area contributed by atoms with Crippen LogP contribution in [0.25, 0.3) is 0 Å². The molecule has 1 aromatic carbocycles. The Morgan fingerprint density at radius 3 is 2.39 bits per heavy atom. The predicted octanol–water partition coefficient (Wildman–Crippen LogP) is 2.25. The molecule has 0 bridgehead atoms. The van der Waals surface area contributed by atoms with E-state index in [2.05, 4.69) is 56.6 Å². The van der Waals surface area contributed by atoms with Crippen molar-refractivity contribution < 1.29 is 4.74 Å². The van der Waals surface area contributed by atoms with Crippen LogP contribution in [0.2, 0.25) is 0 Å². The number of hydrogen-bond donors (Lipinski definition) is 2. The Bertz CT molecular complexity index is 583. The summed E-state index contributed by atoms with van der Waals surface area (Å²) in [5.74, 6) is 0.888. The van der Waals surface area contributed by atoms with Gasteiger partial charge in [-0.1, -0.05) is 29.8 Å². The van der Waals surface area contributed by atoms with Crippen molar-refractivity contribution in [2.45, 2.75) is 25.8 Å². The molecule has 2 fully saturated rings. The van der Waals surface area contributed by atoms with Crippen LogP contribution in [0.1, 0.15) is 30.0 Å². The monoisotopic (exact) mass is 501 g/mol. The topological polar surface area (TPSA) is 52.1 Å². The third kappa shape index (κ3) is 7.17. The van der Waals surface area contributed by atoms with Gasteiger partial charge in [0, 0.05) is 39.8 Å². The van der Waals surface area contributed by atoms with E-state index in [1.165, 1.54) is 37.1 Å². The Morgan fingerprint density at radius 2 is 1.75 bits per heavy atom. The Labute approximate surface area is 187 Å². The lowest BCUT2D eigenvalue weighted by Gasteiger charge is -2.29. The highest BCUT2D eigenvalue weighted by Gasteiger charge is 2.23. The molecular formula is C21H36IN5O. The molecule has 0 radical (unpaired) electrons. The van der Waals surface area contributed by atoms with Crippen molar-refractivity contribution in [3.8, 4) is 0 Å². The van der Waals surface area contributed by atoms with E-state index < -0.39 is 0 Å². The molecule has 1 aromatic rings. The number of nitrogens with one attached hydrogen (secondary N) is 2. The summed E-state index contributed by atoms with van der Waals surface area (Å²) in [4.78, 5) is 9.44. The first-order valence-corrected chi connectivity index (χ1v) is 10.3. The molecular weight excluding hydrogens is 465 g/mol. The Morgan fingerprint density at radius 1 is 1.07 bits per heavy atom. The minimum absolute atomic E-state index is 0. The van der Waals surface area contributed by atoms with Crippen LogP contribution < -0.4 is 10.6 Å². The molecule has 28 heavy (non-hydrogen) atoms. The summed E-state index contributed by atoms with van der Waals surface area (Å²) in [6, 6.07) is 9.37. The van der Waals surface area contributed by atoms with Gasteiger partial charge >= 0.3 is 0 Å². The number of morpholine rings is 1. The summed E-state index contributed by atoms with van der Waals surface area (Å²) in [6.07, 6.45) is 2.60. The number of hydrogen-bond acceptors (Lipinski definition) is 4. The molecule has 6 nitrogen and oxygen atoms in total. The standard InChI is InChI=1S/C21H35N5O.HI/c1-18-5-7-19(8-6-18)20(26-10-3-4-11-26)17-24-21(22-2)23-9-12-25-13-15-27-16-14-25;/h5-8,20H,3-4,9-17H2,1-2H3,(H2,22,23,24);1H. The second kappa shape index (κ2) is 12.6. The van der Waals surface area contributed by atoms with Gasteiger partial charge < -0.3 is 15.4 Å². The van der Waals surface area contributed by atoms with Crippen LogP contribution in [-0.4, -0.2) is 81.8 Å². The first-order valence-electron chi connectivity index (χ1n) is 10.3. The Balaban J connectivity index is 0.00000280. The van der Waals surface area contributed by atoms with Gasteiger partial charge in [0.05, 0.1) is 19.3 Å². The lowest BCUT2D eigenvalue weighted by Crippen LogP contribution is -2.46. The first-order chi connectivity index (χ1) is 13.3. The van der Waals surface area contributed by atoms with Gasteiger partial charge in [-0.3, -0.25) is 14.8 Å². The molecule has 0 saturated carbocycles. The van der Waals surface area contributed by atoms with Crippen molar-refractivity contribution in [2.24, 2.45) is 4.99 Å². The Kier molecular flexibility index (Phi) is 10.5. The molecule has 2 aliphatic heterocycles. The number of aliphatic imine (C=N–C) groups is 1. The number of halogens is 1. The highest BCUT2D eigenvalue weighted by molar-refractivity contribution is 14.0. The summed E-state index contributed by atoms with van der Waals surface area (Å²) < 4.78 is 5.41. The number of aryl methyl sites for hydroxylation is 1. The smallest absolute Gasteiger partial charge is 0.191 e. The molecule has 3 rings (SSSR count). The van der Waals surface area contributed by atoms with Gasteiger partial charge in [0.2, 0.25) is 0 Å². The van der Waals surface area contributed by atoms with Crippen LogP contribution in [-0.2, 0) is 4.74 Å². The summed E-state index contributed by atoms with van der Waals surface area (Å²) in [7, 11) is 1.85. The van der Waals surface area contributed by atoms with Crippen LogP contribution in [0.4, 0.5) is 0 Å². The van der Waals surface area contributed by atoms with Crippen molar-refractivity contribution in [2.75, 3.05) is 66.1 Å². The average molecular weight is 501 g/mol. The molecule has 0 spiro atoms. The van der Waals surface area contributed by atoms with Gasteiger partial charge in [0.15, 0.2) is 5.96 Å². The number of ether oxygens (including phenoxy) is 1. The molecule has 1 atom stereocenters. The van der Waals surface area contributed by atoms with E-state index in [9.17, 15) is 0 Å². The minimum atomic E-state index is 0. The number of nitrogens with zero attached hydrogens (tertiary/aromatic N) is 3. The molecule has 7 heteroatoms. The lowest BCUT2D eigenvalue weighted by atomic mass is 10.0. The minimum Gasteiger partial charge on any atom is -0.379 e. The molecule has 2 heterocycles. The van der Waals surface area contributed by atoms with Gasteiger partial charge in [-0.05, 0) is 38.4 Å². The normalized spacial score (nSPS) is 19.9. The zero-order valence-corrected chi connectivity index (χ0v) is 19.7. The molecule has 0 amide bonds. The van der Waals surface area contributed by atoms with E-state index in [-0.39, 0.29) is 24.0 Å². The molecule has 2 aliphatic rings. The highest BCUT2D eigenvalue weighted by atomic mass is 127. The third-order valence-corrected chi connectivity index (χ3v) is 5.55. The quantitative estimate of drug-likeness (QED) is 0.341.